The van der Waals surface area contributed by atoms with Crippen molar-refractivity contribution in [1.29, 1.82) is 0 Å². The predicted octanol–water partition coefficient (Wildman–Crippen LogP) is 4.16. The van der Waals surface area contributed by atoms with Gasteiger partial charge in [-0.3, -0.25) is 0 Å². The minimum Gasteiger partial charge on any atom is -0.444 e. The molecule has 0 aromatic heterocycles. The third-order valence-corrected chi connectivity index (χ3v) is 3.11. The molecular formula is C15H20FNO2S. The molecule has 0 saturated heterocycles. The second-order valence-electron chi connectivity index (χ2n) is 5.14. The van der Waals surface area contributed by atoms with Crippen LogP contribution in [0.25, 0.3) is 0 Å². The van der Waals surface area contributed by atoms with E-state index in [1.165, 1.54) is 17.8 Å². The third-order valence-electron chi connectivity index (χ3n) is 2.09. The van der Waals surface area contributed by atoms with Gasteiger partial charge in [0.15, 0.2) is 0 Å². The first-order valence-corrected chi connectivity index (χ1v) is 7.34. The van der Waals surface area contributed by atoms with Crippen LogP contribution in [0.1, 0.15) is 20.8 Å². The van der Waals surface area contributed by atoms with Gasteiger partial charge in [0.1, 0.15) is 11.4 Å². The van der Waals surface area contributed by atoms with Crippen LogP contribution in [-0.2, 0) is 4.74 Å². The number of hydrogen-bond donors (Lipinski definition) is 1. The lowest BCUT2D eigenvalue weighted by Crippen LogP contribution is -2.32. The van der Waals surface area contributed by atoms with Gasteiger partial charge in [0.05, 0.1) is 0 Å². The van der Waals surface area contributed by atoms with Gasteiger partial charge < -0.3 is 10.1 Å². The van der Waals surface area contributed by atoms with Crippen molar-refractivity contribution in [2.45, 2.75) is 31.3 Å². The maximum atomic E-state index is 13.5. The summed E-state index contributed by atoms with van der Waals surface area (Å²) in [4.78, 5) is 12.3. The van der Waals surface area contributed by atoms with E-state index in [9.17, 15) is 9.18 Å². The quantitative estimate of drug-likeness (QED) is 0.829. The van der Waals surface area contributed by atoms with E-state index in [4.69, 9.17) is 4.74 Å². The molecule has 0 aliphatic heterocycles. The lowest BCUT2D eigenvalue weighted by atomic mass is 10.2. The summed E-state index contributed by atoms with van der Waals surface area (Å²) in [7, 11) is 0. The molecule has 0 bridgehead atoms. The summed E-state index contributed by atoms with van der Waals surface area (Å²) in [5.41, 5.74) is -0.546. The Morgan fingerprint density at radius 2 is 2.00 bits per heavy atom. The number of nitrogens with one attached hydrogen (secondary N) is 1. The van der Waals surface area contributed by atoms with Crippen molar-refractivity contribution < 1.29 is 13.9 Å². The molecule has 1 aromatic rings. The van der Waals surface area contributed by atoms with Crippen LogP contribution in [0.4, 0.5) is 9.18 Å². The molecule has 20 heavy (non-hydrogen) atoms. The second kappa shape index (κ2) is 7.94. The number of halogens is 1. The Hall–Kier alpha value is -1.49. The number of amides is 1. The van der Waals surface area contributed by atoms with Gasteiger partial charge in [-0.2, -0.15) is 0 Å². The fraction of sp³-hybridized carbons (Fsp3) is 0.400. The number of thioether (sulfide) groups is 1. The molecule has 0 aliphatic rings. The average Bonchev–Trinajstić information content (AvgIpc) is 2.35. The van der Waals surface area contributed by atoms with E-state index >= 15 is 0 Å². The van der Waals surface area contributed by atoms with Crippen molar-refractivity contribution in [3.8, 4) is 0 Å². The molecule has 1 rings (SSSR count). The van der Waals surface area contributed by atoms with E-state index in [1.54, 1.807) is 20.8 Å². The van der Waals surface area contributed by atoms with Crippen LogP contribution >= 0.6 is 11.8 Å². The summed E-state index contributed by atoms with van der Waals surface area (Å²) >= 11 is 1.41. The van der Waals surface area contributed by atoms with Gasteiger partial charge in [-0.1, -0.05) is 18.2 Å². The van der Waals surface area contributed by atoms with Crippen LogP contribution in [0.3, 0.4) is 0 Å². The summed E-state index contributed by atoms with van der Waals surface area (Å²) in [6.07, 6.45) is 0.803. The molecule has 0 spiro atoms. The maximum Gasteiger partial charge on any atom is 0.407 e. The number of hydrogen-bond acceptors (Lipinski definition) is 3. The third kappa shape index (κ3) is 7.84. The van der Waals surface area contributed by atoms with Crippen LogP contribution in [0.5, 0.6) is 0 Å². The number of carbonyl (C=O) groups is 1. The number of benzene rings is 1. The minimum atomic E-state index is -0.546. The van der Waals surface area contributed by atoms with Crippen molar-refractivity contribution in [2.24, 2.45) is 0 Å². The van der Waals surface area contributed by atoms with Gasteiger partial charge in [-0.15, -0.1) is 11.8 Å². The van der Waals surface area contributed by atoms with Crippen molar-refractivity contribution in [3.05, 3.63) is 42.2 Å². The molecule has 110 valence electrons. The van der Waals surface area contributed by atoms with Crippen LogP contribution in [0.2, 0.25) is 0 Å². The molecule has 1 amide bonds. The SMILES string of the molecule is CC(C)(C)OC(=O)NC/C=C(\F)CSc1ccccc1. The summed E-state index contributed by atoms with van der Waals surface area (Å²) in [6.45, 7) is 5.45. The largest absolute Gasteiger partial charge is 0.444 e. The molecule has 0 aliphatic carbocycles. The van der Waals surface area contributed by atoms with Crippen LogP contribution in [0.15, 0.2) is 47.1 Å². The van der Waals surface area contributed by atoms with Gasteiger partial charge in [0.25, 0.3) is 0 Å². The zero-order valence-corrected chi connectivity index (χ0v) is 12.8. The lowest BCUT2D eigenvalue weighted by molar-refractivity contribution is 0.0534. The average molecular weight is 297 g/mol. The first-order chi connectivity index (χ1) is 9.37. The zero-order valence-electron chi connectivity index (χ0n) is 12.0. The Morgan fingerprint density at radius 3 is 2.60 bits per heavy atom. The van der Waals surface area contributed by atoms with Crippen molar-refractivity contribution in [2.75, 3.05) is 12.3 Å². The highest BCUT2D eigenvalue weighted by Crippen LogP contribution is 2.20. The molecule has 0 radical (unpaired) electrons. The van der Waals surface area contributed by atoms with E-state index in [0.29, 0.717) is 0 Å². The van der Waals surface area contributed by atoms with E-state index in [2.05, 4.69) is 5.32 Å². The van der Waals surface area contributed by atoms with Crippen molar-refractivity contribution >= 4 is 17.9 Å². The summed E-state index contributed by atoms with van der Waals surface area (Å²) in [6, 6.07) is 9.59. The van der Waals surface area contributed by atoms with E-state index < -0.39 is 11.7 Å². The van der Waals surface area contributed by atoms with E-state index in [1.807, 2.05) is 30.3 Å². The maximum absolute atomic E-state index is 13.5. The molecule has 0 fully saturated rings. The summed E-state index contributed by atoms with van der Waals surface area (Å²) in [5.74, 6) is -0.0186. The topological polar surface area (TPSA) is 38.3 Å². The van der Waals surface area contributed by atoms with Gasteiger partial charge in [0.2, 0.25) is 0 Å². The first-order valence-electron chi connectivity index (χ1n) is 6.36. The van der Waals surface area contributed by atoms with Crippen molar-refractivity contribution in [1.82, 2.24) is 5.32 Å². The lowest BCUT2D eigenvalue weighted by Gasteiger charge is -2.19. The number of rotatable bonds is 5. The molecule has 0 atom stereocenters. The van der Waals surface area contributed by atoms with Crippen LogP contribution < -0.4 is 5.32 Å². The molecule has 3 nitrogen and oxygen atoms in total. The highest BCUT2D eigenvalue weighted by Gasteiger charge is 2.15. The summed E-state index contributed by atoms with van der Waals surface area (Å²) < 4.78 is 18.6. The van der Waals surface area contributed by atoms with Gasteiger partial charge in [-0.05, 0) is 39.0 Å². The zero-order chi connectivity index (χ0) is 15.0. The highest BCUT2D eigenvalue weighted by molar-refractivity contribution is 7.99. The Kier molecular flexibility index (Phi) is 6.58. The highest BCUT2D eigenvalue weighted by atomic mass is 32.2. The summed E-state index contributed by atoms with van der Waals surface area (Å²) in [5, 5.41) is 2.48. The Bertz CT molecular complexity index is 455. The van der Waals surface area contributed by atoms with Gasteiger partial charge in [0, 0.05) is 17.2 Å². The number of carbonyl (C=O) groups excluding carboxylic acids is 1. The van der Waals surface area contributed by atoms with E-state index in [-0.39, 0.29) is 18.1 Å². The predicted molar refractivity (Wildman–Crippen MR) is 80.6 cm³/mol. The Morgan fingerprint density at radius 1 is 1.35 bits per heavy atom. The number of ether oxygens (including phenoxy) is 1. The molecule has 0 saturated carbocycles. The monoisotopic (exact) mass is 297 g/mol. The standard InChI is InChI=1S/C15H20FNO2S/c1-15(2,3)19-14(18)17-10-9-12(16)11-20-13-7-5-4-6-8-13/h4-9H,10-11H2,1-3H3,(H,17,18)/b12-9-. The second-order valence-corrected chi connectivity index (χ2v) is 6.18. The normalized spacial score (nSPS) is 12.1. The molecule has 5 heteroatoms. The molecular weight excluding hydrogens is 277 g/mol. The molecule has 1 N–H and O–H groups in total. The fourth-order valence-electron chi connectivity index (χ4n) is 1.29. The van der Waals surface area contributed by atoms with Crippen LogP contribution in [0, 0.1) is 0 Å². The number of alkyl carbamates (subject to hydrolysis) is 1. The first kappa shape index (κ1) is 16.6. The van der Waals surface area contributed by atoms with E-state index in [0.717, 1.165) is 4.90 Å². The fourth-order valence-corrected chi connectivity index (χ4v) is 2.06. The molecule has 0 unspecified atom stereocenters. The van der Waals surface area contributed by atoms with Gasteiger partial charge >= 0.3 is 6.09 Å². The Balaban J connectivity index is 2.27. The molecule has 0 heterocycles. The van der Waals surface area contributed by atoms with Gasteiger partial charge in [-0.25, -0.2) is 9.18 Å². The molecule has 1 aromatic carbocycles. The van der Waals surface area contributed by atoms with Crippen LogP contribution in [-0.4, -0.2) is 24.0 Å². The Labute approximate surface area is 123 Å². The minimum absolute atomic E-state index is 0.121. The smallest absolute Gasteiger partial charge is 0.407 e. The van der Waals surface area contributed by atoms with Crippen molar-refractivity contribution in [3.63, 3.8) is 0 Å².